The van der Waals surface area contributed by atoms with E-state index in [1.165, 1.54) is 23.5 Å². The van der Waals surface area contributed by atoms with E-state index in [0.717, 1.165) is 34.0 Å². The molecule has 0 unspecified atom stereocenters. The molecule has 5 aromatic rings. The number of ether oxygens (including phenoxy) is 1. The lowest BCUT2D eigenvalue weighted by Crippen LogP contribution is -2.25. The Morgan fingerprint density at radius 2 is 1.76 bits per heavy atom. The lowest BCUT2D eigenvalue weighted by atomic mass is 10.00. The molecule has 4 aromatic carbocycles. The fourth-order valence-electron chi connectivity index (χ4n) is 4.29. The zero-order valence-electron chi connectivity index (χ0n) is 20.7. The number of nitrogens with two attached hydrogens (primary N) is 1. The fourth-order valence-corrected chi connectivity index (χ4v) is 5.28. The van der Waals surface area contributed by atoms with E-state index >= 15 is 0 Å². The summed E-state index contributed by atoms with van der Waals surface area (Å²) in [5.74, 6) is -0.462. The molecule has 0 radical (unpaired) electrons. The number of carbonyl (C=O) groups is 1. The van der Waals surface area contributed by atoms with Crippen LogP contribution in [0.4, 0.5) is 15.2 Å². The molecule has 0 aliphatic heterocycles. The molecule has 6 nitrogen and oxygen atoms in total. The highest BCUT2D eigenvalue weighted by molar-refractivity contribution is 7.22. The Morgan fingerprint density at radius 1 is 1.03 bits per heavy atom. The molecule has 0 spiro atoms. The minimum atomic E-state index is -0.998. The van der Waals surface area contributed by atoms with E-state index < -0.39 is 5.97 Å². The number of hydrogen-bond acceptors (Lipinski definition) is 6. The minimum absolute atomic E-state index is 0.186. The van der Waals surface area contributed by atoms with Crippen molar-refractivity contribution in [3.8, 4) is 16.9 Å². The van der Waals surface area contributed by atoms with Crippen molar-refractivity contribution >= 4 is 38.3 Å². The second-order valence-corrected chi connectivity index (χ2v) is 9.89. The van der Waals surface area contributed by atoms with Gasteiger partial charge in [0, 0.05) is 24.3 Å². The number of aromatic carboxylic acids is 1. The predicted molar refractivity (Wildman–Crippen MR) is 151 cm³/mol. The molecule has 0 fully saturated rings. The highest BCUT2D eigenvalue weighted by Gasteiger charge is 2.16. The Bertz CT molecular complexity index is 1580. The quantitative estimate of drug-likeness (QED) is 0.209. The van der Waals surface area contributed by atoms with Gasteiger partial charge in [0.15, 0.2) is 5.13 Å². The van der Waals surface area contributed by atoms with E-state index in [4.69, 9.17) is 15.5 Å². The van der Waals surface area contributed by atoms with Crippen LogP contribution in [0.5, 0.6) is 5.75 Å². The van der Waals surface area contributed by atoms with E-state index in [9.17, 15) is 14.3 Å². The first kappa shape index (κ1) is 25.2. The maximum Gasteiger partial charge on any atom is 0.335 e. The summed E-state index contributed by atoms with van der Waals surface area (Å²) in [6.07, 6.45) is 0.777. The molecule has 5 rings (SSSR count). The Kier molecular flexibility index (Phi) is 7.24. The second kappa shape index (κ2) is 10.9. The maximum absolute atomic E-state index is 14.4. The first-order valence-corrected chi connectivity index (χ1v) is 12.9. The van der Waals surface area contributed by atoms with Crippen molar-refractivity contribution in [3.05, 3.63) is 107 Å². The molecule has 0 aliphatic rings. The molecule has 0 aliphatic carbocycles. The largest absolute Gasteiger partial charge is 0.497 e. The zero-order chi connectivity index (χ0) is 26.6. The zero-order valence-corrected chi connectivity index (χ0v) is 21.5. The average molecular weight is 528 g/mol. The van der Waals surface area contributed by atoms with Gasteiger partial charge >= 0.3 is 5.97 Å². The lowest BCUT2D eigenvalue weighted by Gasteiger charge is -2.22. The highest BCUT2D eigenvalue weighted by atomic mass is 32.1. The van der Waals surface area contributed by atoms with Gasteiger partial charge in [0.2, 0.25) is 0 Å². The van der Waals surface area contributed by atoms with Crippen molar-refractivity contribution in [2.24, 2.45) is 0 Å². The van der Waals surface area contributed by atoms with E-state index in [1.807, 2.05) is 54.6 Å². The van der Waals surface area contributed by atoms with E-state index in [0.29, 0.717) is 34.6 Å². The van der Waals surface area contributed by atoms with Gasteiger partial charge in [-0.1, -0.05) is 53.8 Å². The number of hydrogen-bond donors (Lipinski definition) is 2. The van der Waals surface area contributed by atoms with Crippen molar-refractivity contribution in [1.82, 2.24) is 4.98 Å². The van der Waals surface area contributed by atoms with Crippen LogP contribution in [0.3, 0.4) is 0 Å². The van der Waals surface area contributed by atoms with Gasteiger partial charge in [0.25, 0.3) is 0 Å². The third kappa shape index (κ3) is 5.45. The van der Waals surface area contributed by atoms with Gasteiger partial charge in [-0.25, -0.2) is 14.2 Å². The van der Waals surface area contributed by atoms with Crippen LogP contribution in [0, 0.1) is 5.82 Å². The molecule has 1 heterocycles. The number of halogens is 1. The van der Waals surface area contributed by atoms with Crippen LogP contribution in [0.1, 0.15) is 21.5 Å². The summed E-state index contributed by atoms with van der Waals surface area (Å²) in [7, 11) is 1.64. The minimum Gasteiger partial charge on any atom is -0.497 e. The van der Waals surface area contributed by atoms with Crippen LogP contribution >= 0.6 is 11.3 Å². The summed E-state index contributed by atoms with van der Waals surface area (Å²) in [6.45, 7) is 1.26. The molecule has 1 aromatic heterocycles. The fraction of sp³-hybridized carbons (Fsp3) is 0.133. The molecule has 3 N–H and O–H groups in total. The van der Waals surface area contributed by atoms with Crippen LogP contribution in [-0.4, -0.2) is 29.7 Å². The van der Waals surface area contributed by atoms with Crippen molar-refractivity contribution in [2.75, 3.05) is 24.3 Å². The lowest BCUT2D eigenvalue weighted by molar-refractivity contribution is 0.0697. The molecule has 8 heteroatoms. The average Bonchev–Trinajstić information content (AvgIpc) is 3.37. The topological polar surface area (TPSA) is 88.7 Å². The number of aromatic nitrogens is 1. The Balaban J connectivity index is 1.41. The Morgan fingerprint density at radius 3 is 2.45 bits per heavy atom. The highest BCUT2D eigenvalue weighted by Crippen LogP contribution is 2.32. The van der Waals surface area contributed by atoms with Crippen molar-refractivity contribution in [2.45, 2.75) is 13.0 Å². The van der Waals surface area contributed by atoms with Gasteiger partial charge in [-0.3, -0.25) is 0 Å². The second-order valence-electron chi connectivity index (χ2n) is 8.91. The summed E-state index contributed by atoms with van der Waals surface area (Å²) in [5.41, 5.74) is 11.2. The summed E-state index contributed by atoms with van der Waals surface area (Å²) in [6, 6.07) is 25.5. The van der Waals surface area contributed by atoms with Crippen LogP contribution in [0.2, 0.25) is 0 Å². The first-order valence-electron chi connectivity index (χ1n) is 12.1. The summed E-state index contributed by atoms with van der Waals surface area (Å²) in [5, 5.41) is 10.1. The molecule has 0 atom stereocenters. The van der Waals surface area contributed by atoms with E-state index in [-0.39, 0.29) is 11.4 Å². The number of carboxylic acid groups (broad SMARTS) is 1. The molecule has 0 saturated carbocycles. The van der Waals surface area contributed by atoms with Crippen molar-refractivity contribution in [1.29, 1.82) is 0 Å². The van der Waals surface area contributed by atoms with E-state index in [2.05, 4.69) is 4.90 Å². The smallest absolute Gasteiger partial charge is 0.335 e. The van der Waals surface area contributed by atoms with Crippen molar-refractivity contribution < 1.29 is 19.0 Å². The number of fused-ring (bicyclic) bond motifs is 1. The summed E-state index contributed by atoms with van der Waals surface area (Å²) in [4.78, 5) is 18.3. The third-order valence-electron chi connectivity index (χ3n) is 6.39. The van der Waals surface area contributed by atoms with Gasteiger partial charge in [-0.05, 0) is 65.6 Å². The van der Waals surface area contributed by atoms with E-state index in [1.54, 1.807) is 25.3 Å². The number of nitrogen functional groups attached to an aromatic ring is 1. The normalized spacial score (nSPS) is 11.0. The number of methoxy groups -OCH3 is 1. The van der Waals surface area contributed by atoms with Crippen molar-refractivity contribution in [3.63, 3.8) is 0 Å². The molecule has 0 saturated heterocycles. The maximum atomic E-state index is 14.4. The number of benzene rings is 4. The molecule has 0 bridgehead atoms. The molecular formula is C30H26FN3O3S. The standard InChI is InChI=1S/C30H26FN3O3S/c1-37-23-12-7-19(8-13-23)15-16-34(30-33-27-4-2-3-25(31)28(27)38-30)18-20-5-9-21(10-6-20)24-17-22(29(35)36)11-14-26(24)32/h2-14,17H,15-16,18,32H2,1H3,(H,35,36). The van der Waals surface area contributed by atoms with Gasteiger partial charge in [0.05, 0.1) is 22.9 Å². The molecule has 38 heavy (non-hydrogen) atoms. The van der Waals surface area contributed by atoms with Gasteiger partial charge in [0.1, 0.15) is 11.6 Å². The molecule has 192 valence electrons. The Hall–Kier alpha value is -4.43. The van der Waals surface area contributed by atoms with Crippen LogP contribution in [0.15, 0.2) is 84.9 Å². The predicted octanol–water partition coefficient (Wildman–Crippen LogP) is 6.64. The SMILES string of the molecule is COc1ccc(CCN(Cc2ccc(-c3cc(C(=O)O)ccc3N)cc2)c2nc3cccc(F)c3s2)cc1. The van der Waals surface area contributed by atoms with Gasteiger partial charge < -0.3 is 20.5 Å². The summed E-state index contributed by atoms with van der Waals surface area (Å²) >= 11 is 1.35. The molecule has 0 amide bonds. The number of anilines is 2. The van der Waals surface area contributed by atoms with Gasteiger partial charge in [-0.15, -0.1) is 0 Å². The number of thiazole rings is 1. The monoisotopic (exact) mass is 527 g/mol. The van der Waals surface area contributed by atoms with Crippen LogP contribution < -0.4 is 15.4 Å². The van der Waals surface area contributed by atoms with Crippen LogP contribution in [0.25, 0.3) is 21.3 Å². The first-order chi connectivity index (χ1) is 18.4. The van der Waals surface area contributed by atoms with Crippen LogP contribution in [-0.2, 0) is 13.0 Å². The third-order valence-corrected chi connectivity index (χ3v) is 7.53. The van der Waals surface area contributed by atoms with Gasteiger partial charge in [-0.2, -0.15) is 0 Å². The molecular weight excluding hydrogens is 501 g/mol. The number of rotatable bonds is 9. The number of nitrogens with zero attached hydrogens (tertiary/aromatic N) is 2. The Labute approximate surface area is 223 Å². The summed E-state index contributed by atoms with van der Waals surface area (Å²) < 4.78 is 20.2. The number of carboxylic acids is 1.